The SMILES string of the molecule is O=c1ccc2cccnc2[nH]1.[Na]. The fourth-order valence-corrected chi connectivity index (χ4v) is 0.981. The third-order valence-corrected chi connectivity index (χ3v) is 1.49. The molecule has 1 N–H and O–H groups in total. The molecule has 2 rings (SSSR count). The maximum absolute atomic E-state index is 10.8. The summed E-state index contributed by atoms with van der Waals surface area (Å²) in [6.45, 7) is 0. The molecule has 4 heteroatoms. The normalized spacial score (nSPS) is 9.33. The molecule has 2 heterocycles. The van der Waals surface area contributed by atoms with E-state index in [1.54, 1.807) is 12.3 Å². The smallest absolute Gasteiger partial charge is 0.249 e. The molecule has 0 bridgehead atoms. The van der Waals surface area contributed by atoms with E-state index in [0.717, 1.165) is 5.39 Å². The quantitative estimate of drug-likeness (QED) is 0.585. The van der Waals surface area contributed by atoms with Crippen LogP contribution in [-0.4, -0.2) is 39.5 Å². The molecule has 3 nitrogen and oxygen atoms in total. The van der Waals surface area contributed by atoms with Crippen LogP contribution in [0.1, 0.15) is 0 Å². The molecular weight excluding hydrogens is 163 g/mol. The van der Waals surface area contributed by atoms with Crippen LogP contribution in [0.2, 0.25) is 0 Å². The van der Waals surface area contributed by atoms with E-state index in [1.807, 2.05) is 12.1 Å². The summed E-state index contributed by atoms with van der Waals surface area (Å²) in [6.07, 6.45) is 1.65. The molecule has 0 aromatic carbocycles. The van der Waals surface area contributed by atoms with Crippen molar-refractivity contribution in [2.75, 3.05) is 0 Å². The van der Waals surface area contributed by atoms with Gasteiger partial charge in [-0.3, -0.25) is 4.79 Å². The number of hydrogen-bond donors (Lipinski definition) is 1. The fraction of sp³-hybridized carbons (Fsp3) is 0. The Kier molecular flexibility index (Phi) is 3.03. The third-order valence-electron chi connectivity index (χ3n) is 1.49. The van der Waals surface area contributed by atoms with Crippen molar-refractivity contribution in [2.45, 2.75) is 0 Å². The molecule has 2 aromatic heterocycles. The average Bonchev–Trinajstić information content (AvgIpc) is 2.04. The molecular formula is C8H6N2NaO. The molecule has 0 atom stereocenters. The predicted octanol–water partition coefficient (Wildman–Crippen LogP) is 0.542. The largest absolute Gasteiger partial charge is 0.307 e. The maximum Gasteiger partial charge on any atom is 0.249 e. The van der Waals surface area contributed by atoms with Gasteiger partial charge in [-0.2, -0.15) is 0 Å². The Balaban J connectivity index is 0.000000720. The van der Waals surface area contributed by atoms with Crippen LogP contribution in [0.15, 0.2) is 35.3 Å². The Hall–Kier alpha value is -0.640. The van der Waals surface area contributed by atoms with Gasteiger partial charge >= 0.3 is 0 Å². The first-order chi connectivity index (χ1) is 5.36. The van der Waals surface area contributed by atoms with Gasteiger partial charge in [0.2, 0.25) is 5.56 Å². The Labute approximate surface area is 91.1 Å². The molecule has 1 radical (unpaired) electrons. The van der Waals surface area contributed by atoms with Crippen molar-refractivity contribution in [2.24, 2.45) is 0 Å². The number of nitrogens with one attached hydrogen (secondary N) is 1. The van der Waals surface area contributed by atoms with E-state index in [1.165, 1.54) is 6.07 Å². The summed E-state index contributed by atoms with van der Waals surface area (Å²) < 4.78 is 0. The molecule has 0 aliphatic carbocycles. The van der Waals surface area contributed by atoms with Gasteiger partial charge in [0.25, 0.3) is 0 Å². The van der Waals surface area contributed by atoms with Crippen molar-refractivity contribution in [3.05, 3.63) is 40.8 Å². The van der Waals surface area contributed by atoms with Crippen molar-refractivity contribution < 1.29 is 0 Å². The Morgan fingerprint density at radius 1 is 1.25 bits per heavy atom. The minimum Gasteiger partial charge on any atom is -0.307 e. The van der Waals surface area contributed by atoms with Crippen LogP contribution in [0.4, 0.5) is 0 Å². The summed E-state index contributed by atoms with van der Waals surface area (Å²) in [5.41, 5.74) is 0.524. The molecule has 0 amide bonds. The van der Waals surface area contributed by atoms with Gasteiger partial charge in [-0.15, -0.1) is 0 Å². The van der Waals surface area contributed by atoms with E-state index in [9.17, 15) is 4.79 Å². The van der Waals surface area contributed by atoms with Gasteiger partial charge in [0.1, 0.15) is 5.65 Å². The van der Waals surface area contributed by atoms with Crippen LogP contribution in [0.3, 0.4) is 0 Å². The van der Waals surface area contributed by atoms with Gasteiger partial charge in [-0.1, -0.05) is 0 Å². The van der Waals surface area contributed by atoms with E-state index in [2.05, 4.69) is 9.97 Å². The molecule has 0 saturated carbocycles. The Morgan fingerprint density at radius 3 is 2.92 bits per heavy atom. The second-order valence-electron chi connectivity index (χ2n) is 2.26. The van der Waals surface area contributed by atoms with Gasteiger partial charge in [0, 0.05) is 47.2 Å². The number of hydrogen-bond acceptors (Lipinski definition) is 2. The number of aromatic nitrogens is 2. The number of fused-ring (bicyclic) bond motifs is 1. The zero-order valence-electron chi connectivity index (χ0n) is 6.74. The molecule has 12 heavy (non-hydrogen) atoms. The Morgan fingerprint density at radius 2 is 2.08 bits per heavy atom. The number of pyridine rings is 2. The number of H-pyrrole nitrogens is 1. The van der Waals surface area contributed by atoms with Gasteiger partial charge < -0.3 is 4.98 Å². The van der Waals surface area contributed by atoms with Crippen molar-refractivity contribution in [3.8, 4) is 0 Å². The molecule has 0 unspecified atom stereocenters. The van der Waals surface area contributed by atoms with Crippen LogP contribution in [-0.2, 0) is 0 Å². The summed E-state index contributed by atoms with van der Waals surface area (Å²) in [5, 5.41) is 0.951. The van der Waals surface area contributed by atoms with Crippen molar-refractivity contribution in [1.82, 2.24) is 9.97 Å². The molecule has 0 saturated heterocycles. The van der Waals surface area contributed by atoms with E-state index in [0.29, 0.717) is 5.65 Å². The van der Waals surface area contributed by atoms with Crippen LogP contribution in [0.25, 0.3) is 11.0 Å². The topological polar surface area (TPSA) is 45.8 Å². The van der Waals surface area contributed by atoms with Gasteiger partial charge in [0.15, 0.2) is 0 Å². The first-order valence-electron chi connectivity index (χ1n) is 3.30. The van der Waals surface area contributed by atoms with Crippen LogP contribution in [0.5, 0.6) is 0 Å². The van der Waals surface area contributed by atoms with Crippen LogP contribution >= 0.6 is 0 Å². The van der Waals surface area contributed by atoms with Crippen molar-refractivity contribution >= 4 is 40.6 Å². The monoisotopic (exact) mass is 169 g/mol. The van der Waals surface area contributed by atoms with Gasteiger partial charge in [-0.05, 0) is 18.2 Å². The van der Waals surface area contributed by atoms with E-state index in [4.69, 9.17) is 0 Å². The zero-order chi connectivity index (χ0) is 7.68. The molecule has 0 spiro atoms. The molecule has 55 valence electrons. The van der Waals surface area contributed by atoms with Crippen LogP contribution < -0.4 is 5.56 Å². The van der Waals surface area contributed by atoms with Gasteiger partial charge in [0.05, 0.1) is 0 Å². The summed E-state index contributed by atoms with van der Waals surface area (Å²) in [5.74, 6) is 0. The number of aromatic amines is 1. The molecule has 0 aliphatic heterocycles. The second-order valence-corrected chi connectivity index (χ2v) is 2.26. The summed E-state index contributed by atoms with van der Waals surface area (Å²) in [7, 11) is 0. The zero-order valence-corrected chi connectivity index (χ0v) is 8.74. The van der Waals surface area contributed by atoms with Gasteiger partial charge in [-0.25, -0.2) is 4.98 Å². The average molecular weight is 169 g/mol. The molecule has 0 aliphatic rings. The minimum absolute atomic E-state index is 0. The van der Waals surface area contributed by atoms with E-state index < -0.39 is 0 Å². The number of nitrogens with zero attached hydrogens (tertiary/aromatic N) is 1. The standard InChI is InChI=1S/C8H6N2O.Na/c11-7-4-3-6-2-1-5-9-8(6)10-7;/h1-5H,(H,9,10,11);. The first-order valence-corrected chi connectivity index (χ1v) is 3.30. The maximum atomic E-state index is 10.8. The van der Waals surface area contributed by atoms with E-state index >= 15 is 0 Å². The number of rotatable bonds is 0. The fourth-order valence-electron chi connectivity index (χ4n) is 0.981. The minimum atomic E-state index is -0.115. The third kappa shape index (κ3) is 1.75. The summed E-state index contributed by atoms with van der Waals surface area (Å²) in [4.78, 5) is 17.4. The Bertz CT molecular complexity index is 438. The summed E-state index contributed by atoms with van der Waals surface area (Å²) in [6, 6.07) is 6.98. The van der Waals surface area contributed by atoms with Crippen molar-refractivity contribution in [1.29, 1.82) is 0 Å². The predicted molar refractivity (Wildman–Crippen MR) is 48.1 cm³/mol. The van der Waals surface area contributed by atoms with Crippen molar-refractivity contribution in [3.63, 3.8) is 0 Å². The van der Waals surface area contributed by atoms with Crippen LogP contribution in [0, 0.1) is 0 Å². The second kappa shape index (κ2) is 3.85. The molecule has 0 fully saturated rings. The summed E-state index contributed by atoms with van der Waals surface area (Å²) >= 11 is 0. The first kappa shape index (κ1) is 9.45. The molecule has 2 aromatic rings. The van der Waals surface area contributed by atoms with E-state index in [-0.39, 0.29) is 35.1 Å².